The molecule has 1 atom stereocenters. The zero-order valence-electron chi connectivity index (χ0n) is 25.0. The van der Waals surface area contributed by atoms with E-state index in [-0.39, 0.29) is 18.4 Å². The van der Waals surface area contributed by atoms with Gasteiger partial charge in [-0.2, -0.15) is 0 Å². The zero-order chi connectivity index (χ0) is 31.1. The van der Waals surface area contributed by atoms with E-state index >= 15 is 0 Å². The second-order valence-electron chi connectivity index (χ2n) is 10.8. The first-order valence-electron chi connectivity index (χ1n) is 14.8. The smallest absolute Gasteiger partial charge is 0.407 e. The molecule has 2 aromatic heterocycles. The minimum atomic E-state index is -0.643. The lowest BCUT2D eigenvalue weighted by Gasteiger charge is -2.29. The van der Waals surface area contributed by atoms with E-state index < -0.39 is 12.1 Å². The highest BCUT2D eigenvalue weighted by molar-refractivity contribution is 5.83. The molecule has 0 bridgehead atoms. The number of H-pyrrole nitrogens is 2. The van der Waals surface area contributed by atoms with Gasteiger partial charge in [-0.05, 0) is 41.5 Å². The molecule has 0 radical (unpaired) electrons. The van der Waals surface area contributed by atoms with Gasteiger partial charge in [-0.15, -0.1) is 0 Å². The van der Waals surface area contributed by atoms with Crippen molar-refractivity contribution in [2.75, 3.05) is 26.7 Å². The number of benzene rings is 2. The molecule has 2 aromatic carbocycles. The number of carbonyl (C=O) groups is 3. The predicted molar refractivity (Wildman–Crippen MR) is 166 cm³/mol. The van der Waals surface area contributed by atoms with Crippen molar-refractivity contribution in [2.45, 2.75) is 45.3 Å². The lowest BCUT2D eigenvalue weighted by Crippen LogP contribution is -2.47. The van der Waals surface area contributed by atoms with E-state index in [1.165, 1.54) is 7.11 Å². The third-order valence-corrected chi connectivity index (χ3v) is 7.65. The molecule has 3 heterocycles. The van der Waals surface area contributed by atoms with E-state index in [1.54, 1.807) is 22.2 Å². The Hall–Kier alpha value is -4.97. The maximum atomic E-state index is 12.6. The van der Waals surface area contributed by atoms with Gasteiger partial charge in [-0.25, -0.2) is 14.8 Å². The van der Waals surface area contributed by atoms with Crippen molar-refractivity contribution in [3.63, 3.8) is 0 Å². The number of likely N-dealkylation sites (tertiary alicyclic amines) is 1. The van der Waals surface area contributed by atoms with Crippen LogP contribution < -0.4 is 11.1 Å². The second-order valence-corrected chi connectivity index (χ2v) is 10.8. The zero-order valence-corrected chi connectivity index (χ0v) is 25.0. The highest BCUT2D eigenvalue weighted by Crippen LogP contribution is 2.27. The first-order valence-corrected chi connectivity index (χ1v) is 14.8. The van der Waals surface area contributed by atoms with Crippen molar-refractivity contribution in [1.82, 2.24) is 35.1 Å². The summed E-state index contributed by atoms with van der Waals surface area (Å²) in [5, 5.41) is 2.43. The summed E-state index contributed by atoms with van der Waals surface area (Å²) in [6, 6.07) is 16.0. The Morgan fingerprint density at radius 2 is 1.55 bits per heavy atom. The number of aromatic amines is 2. The van der Waals surface area contributed by atoms with Gasteiger partial charge in [-0.1, -0.05) is 55.5 Å². The molecule has 3 amide bonds. The van der Waals surface area contributed by atoms with Crippen LogP contribution in [0.4, 0.5) is 4.79 Å². The number of alkyl carbamates (subject to hydrolysis) is 1. The predicted octanol–water partition coefficient (Wildman–Crippen LogP) is 3.68. The number of hydrogen-bond acceptors (Lipinski definition) is 7. The maximum Gasteiger partial charge on any atom is 0.407 e. The topological polar surface area (TPSA) is 162 Å². The average molecular weight is 599 g/mol. The summed E-state index contributed by atoms with van der Waals surface area (Å²) in [4.78, 5) is 55.3. The van der Waals surface area contributed by atoms with Crippen molar-refractivity contribution >= 4 is 17.9 Å². The highest BCUT2D eigenvalue weighted by atomic mass is 16.5. The van der Waals surface area contributed by atoms with Crippen molar-refractivity contribution in [2.24, 2.45) is 5.73 Å². The number of imidazole rings is 2. The van der Waals surface area contributed by atoms with Gasteiger partial charge in [0.1, 0.15) is 18.2 Å². The Bertz CT molecular complexity index is 1580. The summed E-state index contributed by atoms with van der Waals surface area (Å²) in [5.41, 5.74) is 11.8. The molecule has 44 heavy (non-hydrogen) atoms. The van der Waals surface area contributed by atoms with Crippen LogP contribution >= 0.6 is 0 Å². The second kappa shape index (κ2) is 14.0. The number of amides is 3. The molecule has 0 spiro atoms. The van der Waals surface area contributed by atoms with Crippen LogP contribution in [0.5, 0.6) is 0 Å². The maximum absolute atomic E-state index is 12.6. The van der Waals surface area contributed by atoms with Crippen LogP contribution in [-0.4, -0.2) is 80.4 Å². The van der Waals surface area contributed by atoms with Crippen molar-refractivity contribution in [3.8, 4) is 33.6 Å². The minimum Gasteiger partial charge on any atom is -0.453 e. The Kier molecular flexibility index (Phi) is 9.70. The minimum absolute atomic E-state index is 0.0190. The van der Waals surface area contributed by atoms with Crippen LogP contribution in [0.1, 0.15) is 37.8 Å². The van der Waals surface area contributed by atoms with Crippen molar-refractivity contribution < 1.29 is 19.1 Å². The Morgan fingerprint density at radius 1 is 0.977 bits per heavy atom. The van der Waals surface area contributed by atoms with Gasteiger partial charge in [0, 0.05) is 13.1 Å². The molecule has 5 rings (SSSR count). The summed E-state index contributed by atoms with van der Waals surface area (Å²) in [5.74, 6) is 1.17. The number of nitrogens with zero attached hydrogens (tertiary/aromatic N) is 4. The first-order chi connectivity index (χ1) is 21.3. The van der Waals surface area contributed by atoms with Gasteiger partial charge < -0.3 is 35.6 Å². The molecule has 12 nitrogen and oxygen atoms in total. The molecule has 1 fully saturated rings. The van der Waals surface area contributed by atoms with E-state index in [0.29, 0.717) is 32.0 Å². The van der Waals surface area contributed by atoms with Crippen LogP contribution in [0.3, 0.4) is 0 Å². The van der Waals surface area contributed by atoms with E-state index in [1.807, 2.05) is 31.2 Å². The van der Waals surface area contributed by atoms with Gasteiger partial charge in [0.05, 0.1) is 50.0 Å². The number of ether oxygens (including phenoxy) is 1. The first kappa shape index (κ1) is 30.5. The van der Waals surface area contributed by atoms with Crippen LogP contribution in [-0.2, 0) is 27.4 Å². The number of aromatic nitrogens is 4. The number of piperidine rings is 1. The van der Waals surface area contributed by atoms with E-state index in [4.69, 9.17) is 5.73 Å². The van der Waals surface area contributed by atoms with E-state index in [0.717, 1.165) is 58.7 Å². The van der Waals surface area contributed by atoms with Gasteiger partial charge in [0.15, 0.2) is 0 Å². The summed E-state index contributed by atoms with van der Waals surface area (Å²) in [6.07, 6.45) is 5.33. The molecule has 1 saturated heterocycles. The van der Waals surface area contributed by atoms with Gasteiger partial charge in [-0.3, -0.25) is 9.59 Å². The van der Waals surface area contributed by atoms with Crippen LogP contribution in [0, 0.1) is 0 Å². The lowest BCUT2D eigenvalue weighted by molar-refractivity contribution is -0.135. The molecular formula is C32H38N8O4. The standard InChI is InChI=1S/C32H38N8O4/c1-3-14-39(30(41)18-36-32(43)44-2)19-28-34-16-26(37-28)23-10-6-21(7-11-23)22-8-12-24(13-9-22)27-17-35-29(38-27)20-40-15-4-5-25(33)31(40)42/h6-13,16-17,25H,3-5,14-15,18-20,33H2,1-2H3,(H,34,37)(H,35,38)(H,36,43). The summed E-state index contributed by atoms with van der Waals surface area (Å²) >= 11 is 0. The Labute approximate surface area is 256 Å². The fourth-order valence-corrected chi connectivity index (χ4v) is 5.25. The Balaban J connectivity index is 1.20. The van der Waals surface area contributed by atoms with Gasteiger partial charge in [0.2, 0.25) is 11.8 Å². The van der Waals surface area contributed by atoms with Crippen molar-refractivity contribution in [3.05, 3.63) is 72.6 Å². The fraction of sp³-hybridized carbons (Fsp3) is 0.344. The molecule has 1 aliphatic rings. The quantitative estimate of drug-likeness (QED) is 0.205. The molecule has 0 aliphatic carbocycles. The number of hydrogen-bond donors (Lipinski definition) is 4. The largest absolute Gasteiger partial charge is 0.453 e. The molecule has 0 saturated carbocycles. The molecular weight excluding hydrogens is 560 g/mol. The fourth-order valence-electron chi connectivity index (χ4n) is 5.25. The summed E-state index contributed by atoms with van der Waals surface area (Å²) < 4.78 is 4.54. The van der Waals surface area contributed by atoms with E-state index in [9.17, 15) is 14.4 Å². The molecule has 1 unspecified atom stereocenters. The SMILES string of the molecule is CCCN(Cc1ncc(-c2ccc(-c3ccc(-c4cnc(CN5CCCC(N)C5=O)[nH]4)cc3)cc2)[nH]1)C(=O)CNC(=O)OC. The molecule has 230 valence electrons. The highest BCUT2D eigenvalue weighted by Gasteiger charge is 2.26. The third kappa shape index (κ3) is 7.32. The normalized spacial score (nSPS) is 14.8. The lowest BCUT2D eigenvalue weighted by atomic mass is 10.0. The van der Waals surface area contributed by atoms with Crippen molar-refractivity contribution in [1.29, 1.82) is 0 Å². The van der Waals surface area contributed by atoms with Crippen LogP contribution in [0.2, 0.25) is 0 Å². The Morgan fingerprint density at radius 3 is 2.14 bits per heavy atom. The number of carbonyl (C=O) groups excluding carboxylic acids is 3. The average Bonchev–Trinajstić information content (AvgIpc) is 3.72. The van der Waals surface area contributed by atoms with E-state index in [2.05, 4.69) is 54.3 Å². The number of rotatable bonds is 11. The number of nitrogens with two attached hydrogens (primary N) is 1. The summed E-state index contributed by atoms with van der Waals surface area (Å²) in [6.45, 7) is 3.83. The monoisotopic (exact) mass is 598 g/mol. The number of methoxy groups -OCH3 is 1. The molecule has 4 aromatic rings. The van der Waals surface area contributed by atoms with Gasteiger partial charge in [0.25, 0.3) is 0 Å². The summed E-state index contributed by atoms with van der Waals surface area (Å²) in [7, 11) is 1.26. The molecule has 1 aliphatic heterocycles. The number of nitrogens with one attached hydrogen (secondary N) is 3. The molecule has 5 N–H and O–H groups in total. The van der Waals surface area contributed by atoms with Gasteiger partial charge >= 0.3 is 6.09 Å². The van der Waals surface area contributed by atoms with Crippen LogP contribution in [0.15, 0.2) is 60.9 Å². The third-order valence-electron chi connectivity index (χ3n) is 7.65. The molecule has 12 heteroatoms. The van der Waals surface area contributed by atoms with Crippen LogP contribution in [0.25, 0.3) is 33.6 Å².